The number of ether oxygens (including phenoxy) is 4. The molecule has 0 heterocycles. The molecule has 2 N–H and O–H groups in total. The number of hydrazone groups is 1. The molecule has 0 aliphatic heterocycles. The van der Waals surface area contributed by atoms with E-state index in [1.807, 2.05) is 12.1 Å². The van der Waals surface area contributed by atoms with Crippen molar-refractivity contribution in [2.45, 2.75) is 0 Å². The fourth-order valence-electron chi connectivity index (χ4n) is 2.23. The van der Waals surface area contributed by atoms with Gasteiger partial charge >= 0.3 is 0 Å². The Morgan fingerprint density at radius 1 is 1.04 bits per heavy atom. The molecular weight excluding hydrogens is 380 g/mol. The molecule has 2 rings (SSSR count). The fourth-order valence-corrected chi connectivity index (χ4v) is 2.40. The monoisotopic (exact) mass is 400 g/mol. The number of methoxy groups -OCH3 is 3. The van der Waals surface area contributed by atoms with Crippen LogP contribution < -0.4 is 29.7 Å². The first-order valence-corrected chi connectivity index (χ1v) is 8.52. The molecular formula is C19H20N4O4S. The topological polar surface area (TPSA) is 97.1 Å². The van der Waals surface area contributed by atoms with Crippen LogP contribution in [0.1, 0.15) is 5.56 Å². The maximum absolute atomic E-state index is 8.60. The van der Waals surface area contributed by atoms with Gasteiger partial charge in [-0.15, -0.1) is 0 Å². The van der Waals surface area contributed by atoms with Gasteiger partial charge in [0.2, 0.25) is 0 Å². The summed E-state index contributed by atoms with van der Waals surface area (Å²) in [6, 6.07) is 12.5. The lowest BCUT2D eigenvalue weighted by Gasteiger charge is -2.11. The lowest BCUT2D eigenvalue weighted by molar-refractivity contribution is 0.329. The standard InChI is InChI=1S/C19H20N4O4S/c1-24-15-7-5-14(11-18(15)26-3)22-19(28)23-21-12-13-4-6-16(27-9-8-20)17(10-13)25-2/h4-7,10-12H,9H2,1-3H3,(H2,22,23,28)/b21-12-. The van der Waals surface area contributed by atoms with Crippen LogP contribution in [0.15, 0.2) is 41.5 Å². The van der Waals surface area contributed by atoms with Crippen molar-refractivity contribution in [3.05, 3.63) is 42.0 Å². The van der Waals surface area contributed by atoms with E-state index in [1.54, 1.807) is 50.8 Å². The number of nitrogens with zero attached hydrogens (tertiary/aromatic N) is 2. The Morgan fingerprint density at radius 2 is 1.71 bits per heavy atom. The molecule has 0 amide bonds. The predicted molar refractivity (Wildman–Crippen MR) is 111 cm³/mol. The minimum absolute atomic E-state index is 0.0541. The third kappa shape index (κ3) is 5.75. The SMILES string of the molecule is COc1ccc(NC(=S)N/N=C\c2ccc(OCC#N)c(OC)c2)cc1OC. The number of anilines is 1. The first-order valence-electron chi connectivity index (χ1n) is 8.11. The molecule has 0 bridgehead atoms. The van der Waals surface area contributed by atoms with Crippen LogP contribution in [0.4, 0.5) is 5.69 Å². The van der Waals surface area contributed by atoms with E-state index in [4.69, 9.17) is 36.4 Å². The quantitative estimate of drug-likeness (QED) is 0.397. The molecule has 2 aromatic carbocycles. The molecule has 0 aliphatic carbocycles. The molecule has 0 radical (unpaired) electrons. The Kier molecular flexibility index (Phi) is 7.87. The smallest absolute Gasteiger partial charge is 0.191 e. The zero-order valence-corrected chi connectivity index (χ0v) is 16.5. The Hall–Kier alpha value is -3.51. The molecule has 0 aliphatic rings. The van der Waals surface area contributed by atoms with Gasteiger partial charge in [0.05, 0.1) is 27.5 Å². The molecule has 0 unspecified atom stereocenters. The van der Waals surface area contributed by atoms with Crippen LogP contribution in [0.3, 0.4) is 0 Å². The number of hydrogen-bond donors (Lipinski definition) is 2. The summed E-state index contributed by atoms with van der Waals surface area (Å²) < 4.78 is 21.0. The number of rotatable bonds is 8. The van der Waals surface area contributed by atoms with E-state index in [-0.39, 0.29) is 6.61 Å². The molecule has 28 heavy (non-hydrogen) atoms. The zero-order chi connectivity index (χ0) is 20.4. The number of nitrogens with one attached hydrogen (secondary N) is 2. The van der Waals surface area contributed by atoms with Gasteiger partial charge in [0.1, 0.15) is 6.07 Å². The second kappa shape index (κ2) is 10.6. The van der Waals surface area contributed by atoms with Gasteiger partial charge < -0.3 is 24.3 Å². The highest BCUT2D eigenvalue weighted by Gasteiger charge is 2.06. The van der Waals surface area contributed by atoms with Gasteiger partial charge in [-0.25, -0.2) is 0 Å². The summed E-state index contributed by atoms with van der Waals surface area (Å²) in [6.07, 6.45) is 1.58. The first-order chi connectivity index (χ1) is 13.6. The molecule has 0 saturated carbocycles. The number of nitriles is 1. The molecule has 0 saturated heterocycles. The third-order valence-electron chi connectivity index (χ3n) is 3.50. The minimum Gasteiger partial charge on any atom is -0.493 e. The molecule has 0 atom stereocenters. The minimum atomic E-state index is -0.0541. The van der Waals surface area contributed by atoms with Gasteiger partial charge in [-0.1, -0.05) is 0 Å². The lowest BCUT2D eigenvalue weighted by atomic mass is 10.2. The first kappa shape index (κ1) is 20.8. The normalized spacial score (nSPS) is 10.1. The molecule has 0 aromatic heterocycles. The van der Waals surface area contributed by atoms with Gasteiger partial charge in [-0.2, -0.15) is 10.4 Å². The molecule has 9 heteroatoms. The number of hydrogen-bond acceptors (Lipinski definition) is 7. The van der Waals surface area contributed by atoms with Crippen LogP contribution in [0.2, 0.25) is 0 Å². The maximum atomic E-state index is 8.60. The van der Waals surface area contributed by atoms with E-state index in [2.05, 4.69) is 15.8 Å². The number of benzene rings is 2. The summed E-state index contributed by atoms with van der Waals surface area (Å²) in [5.41, 5.74) is 4.23. The van der Waals surface area contributed by atoms with Crippen molar-refractivity contribution < 1.29 is 18.9 Å². The Morgan fingerprint density at radius 3 is 2.39 bits per heavy atom. The van der Waals surface area contributed by atoms with E-state index in [0.29, 0.717) is 28.1 Å². The van der Waals surface area contributed by atoms with Crippen LogP contribution >= 0.6 is 12.2 Å². The summed E-state index contributed by atoms with van der Waals surface area (Å²) in [6.45, 7) is -0.0541. The fraction of sp³-hybridized carbons (Fsp3) is 0.211. The van der Waals surface area contributed by atoms with Gasteiger partial charge in [0.25, 0.3) is 0 Å². The van der Waals surface area contributed by atoms with E-state index in [0.717, 1.165) is 11.3 Å². The van der Waals surface area contributed by atoms with Crippen molar-refractivity contribution in [3.8, 4) is 29.1 Å². The summed E-state index contributed by atoms with van der Waals surface area (Å²) in [5.74, 6) is 2.20. The van der Waals surface area contributed by atoms with Crippen LogP contribution in [0.25, 0.3) is 0 Å². The van der Waals surface area contributed by atoms with Crippen molar-refractivity contribution >= 4 is 29.2 Å². The summed E-state index contributed by atoms with van der Waals surface area (Å²) in [7, 11) is 4.66. The van der Waals surface area contributed by atoms with Gasteiger partial charge in [-0.3, -0.25) is 5.43 Å². The average molecular weight is 400 g/mol. The second-order valence-electron chi connectivity index (χ2n) is 5.25. The lowest BCUT2D eigenvalue weighted by Crippen LogP contribution is -2.23. The average Bonchev–Trinajstić information content (AvgIpc) is 2.72. The highest BCUT2D eigenvalue weighted by molar-refractivity contribution is 7.80. The third-order valence-corrected chi connectivity index (χ3v) is 3.69. The van der Waals surface area contributed by atoms with E-state index >= 15 is 0 Å². The van der Waals surface area contributed by atoms with Crippen LogP contribution in [0.5, 0.6) is 23.0 Å². The molecule has 8 nitrogen and oxygen atoms in total. The number of thiocarbonyl (C=S) groups is 1. The molecule has 0 spiro atoms. The van der Waals surface area contributed by atoms with Crippen molar-refractivity contribution in [2.24, 2.45) is 5.10 Å². The Balaban J connectivity index is 1.97. The second-order valence-corrected chi connectivity index (χ2v) is 5.66. The van der Waals surface area contributed by atoms with Crippen molar-refractivity contribution in [1.29, 1.82) is 5.26 Å². The van der Waals surface area contributed by atoms with Crippen LogP contribution in [0, 0.1) is 11.3 Å². The maximum Gasteiger partial charge on any atom is 0.191 e. The van der Waals surface area contributed by atoms with Gasteiger partial charge in [0.15, 0.2) is 34.7 Å². The largest absolute Gasteiger partial charge is 0.493 e. The predicted octanol–water partition coefficient (Wildman–Crippen LogP) is 2.94. The van der Waals surface area contributed by atoms with Crippen molar-refractivity contribution in [3.63, 3.8) is 0 Å². The summed E-state index contributed by atoms with van der Waals surface area (Å²) in [5, 5.41) is 16.0. The molecule has 2 aromatic rings. The Bertz CT molecular complexity index is 896. The molecule has 0 fully saturated rings. The van der Waals surface area contributed by atoms with Crippen molar-refractivity contribution in [2.75, 3.05) is 33.3 Å². The van der Waals surface area contributed by atoms with Crippen LogP contribution in [-0.4, -0.2) is 39.3 Å². The van der Waals surface area contributed by atoms with E-state index in [1.165, 1.54) is 7.11 Å². The van der Waals surface area contributed by atoms with E-state index in [9.17, 15) is 0 Å². The Labute approximate surface area is 168 Å². The highest BCUT2D eigenvalue weighted by Crippen LogP contribution is 2.29. The van der Waals surface area contributed by atoms with Gasteiger partial charge in [-0.05, 0) is 48.1 Å². The summed E-state index contributed by atoms with van der Waals surface area (Å²) in [4.78, 5) is 0. The van der Waals surface area contributed by atoms with Crippen LogP contribution in [-0.2, 0) is 0 Å². The van der Waals surface area contributed by atoms with E-state index < -0.39 is 0 Å². The molecule has 146 valence electrons. The summed E-state index contributed by atoms with van der Waals surface area (Å²) >= 11 is 5.23. The van der Waals surface area contributed by atoms with Crippen molar-refractivity contribution in [1.82, 2.24) is 5.43 Å². The highest BCUT2D eigenvalue weighted by atomic mass is 32.1. The van der Waals surface area contributed by atoms with Gasteiger partial charge in [0, 0.05) is 11.8 Å². The zero-order valence-electron chi connectivity index (χ0n) is 15.7.